The molecule has 198 valence electrons. The van der Waals surface area contributed by atoms with E-state index in [1.807, 2.05) is 0 Å². The molecule has 11 atom stereocenters. The zero-order valence-electron chi connectivity index (χ0n) is 22.1. The Morgan fingerprint density at radius 3 is 2.21 bits per heavy atom. The van der Waals surface area contributed by atoms with Crippen LogP contribution in [-0.4, -0.2) is 28.1 Å². The van der Waals surface area contributed by atoms with Crippen molar-refractivity contribution < 1.29 is 23.4 Å². The summed E-state index contributed by atoms with van der Waals surface area (Å²) in [7, 11) is 0. The van der Waals surface area contributed by atoms with Crippen molar-refractivity contribution in [3.8, 4) is 0 Å². The average Bonchev–Trinajstić information content (AvgIpc) is 3.13. The van der Waals surface area contributed by atoms with Gasteiger partial charge in [0, 0.05) is 0 Å². The summed E-state index contributed by atoms with van der Waals surface area (Å²) in [6, 6.07) is 0. The molecule has 4 fully saturated rings. The summed E-state index contributed by atoms with van der Waals surface area (Å²) in [5.41, 5.74) is 0.0651. The van der Waals surface area contributed by atoms with Crippen molar-refractivity contribution in [1.29, 1.82) is 0 Å². The second-order valence-corrected chi connectivity index (χ2v) is 13.6. The molecule has 0 heterocycles. The highest BCUT2D eigenvalue weighted by Crippen LogP contribution is 2.69. The number of fused-ring (bicyclic) bond motifs is 5. The normalized spacial score (nSPS) is 47.3. The van der Waals surface area contributed by atoms with E-state index in [9.17, 15) is 23.4 Å². The van der Waals surface area contributed by atoms with Gasteiger partial charge in [0.05, 0.1) is 17.6 Å². The second kappa shape index (κ2) is 9.23. The molecule has 4 aliphatic carbocycles. The predicted molar refractivity (Wildman–Crippen MR) is 130 cm³/mol. The van der Waals surface area contributed by atoms with Crippen LogP contribution in [0.1, 0.15) is 112 Å². The number of hydrogen-bond donors (Lipinski definition) is 2. The summed E-state index contributed by atoms with van der Waals surface area (Å²) >= 11 is 0. The Labute approximate surface area is 205 Å². The largest absolute Gasteiger partial charge is 0.393 e. The maximum absolute atomic E-state index is 13.0. The van der Waals surface area contributed by atoms with Crippen LogP contribution in [0.3, 0.4) is 0 Å². The molecule has 0 aromatic carbocycles. The molecule has 4 rings (SSSR count). The van der Waals surface area contributed by atoms with Crippen molar-refractivity contribution in [2.24, 2.45) is 52.3 Å². The third kappa shape index (κ3) is 4.48. The average molecular weight is 487 g/mol. The number of rotatable bonds is 6. The summed E-state index contributed by atoms with van der Waals surface area (Å²) in [5.74, 6) is 1.86. The van der Waals surface area contributed by atoms with Gasteiger partial charge in [0.2, 0.25) is 0 Å². The van der Waals surface area contributed by atoms with E-state index in [-0.39, 0.29) is 24.2 Å². The summed E-state index contributed by atoms with van der Waals surface area (Å²) in [4.78, 5) is 0. The van der Waals surface area contributed by atoms with Gasteiger partial charge in [-0.15, -0.1) is 0 Å². The molecular formula is C29H49F3O2. The van der Waals surface area contributed by atoms with Gasteiger partial charge < -0.3 is 10.2 Å². The Bertz CT molecular complexity index is 725. The molecule has 0 unspecified atom stereocenters. The predicted octanol–water partition coefficient (Wildman–Crippen LogP) is 7.76. The smallest absolute Gasteiger partial charge is 0.391 e. The Kier molecular flexibility index (Phi) is 7.26. The van der Waals surface area contributed by atoms with Gasteiger partial charge in [-0.1, -0.05) is 34.6 Å². The minimum Gasteiger partial charge on any atom is -0.393 e. The fourth-order valence-electron chi connectivity index (χ4n) is 9.66. The van der Waals surface area contributed by atoms with Crippen LogP contribution in [0, 0.1) is 52.3 Å². The molecular weight excluding hydrogens is 437 g/mol. The van der Waals surface area contributed by atoms with E-state index in [1.54, 1.807) is 0 Å². The van der Waals surface area contributed by atoms with E-state index in [4.69, 9.17) is 0 Å². The first-order chi connectivity index (χ1) is 15.7. The van der Waals surface area contributed by atoms with Crippen LogP contribution in [-0.2, 0) is 0 Å². The van der Waals surface area contributed by atoms with Crippen LogP contribution in [0.15, 0.2) is 0 Å². The van der Waals surface area contributed by atoms with Crippen LogP contribution < -0.4 is 0 Å². The van der Waals surface area contributed by atoms with Crippen LogP contribution in [0.4, 0.5) is 13.2 Å². The first kappa shape index (κ1) is 26.8. The Hall–Kier alpha value is -0.290. The van der Waals surface area contributed by atoms with Gasteiger partial charge in [0.25, 0.3) is 0 Å². The molecule has 0 radical (unpaired) electrons. The highest BCUT2D eigenvalue weighted by atomic mass is 19.4. The lowest BCUT2D eigenvalue weighted by Gasteiger charge is -2.62. The molecule has 4 saturated carbocycles. The maximum atomic E-state index is 13.0. The molecule has 2 nitrogen and oxygen atoms in total. The van der Waals surface area contributed by atoms with E-state index < -0.39 is 23.8 Å². The third-order valence-electron chi connectivity index (χ3n) is 12.2. The molecule has 0 bridgehead atoms. The summed E-state index contributed by atoms with van der Waals surface area (Å²) in [6.07, 6.45) is 6.54. The monoisotopic (exact) mass is 486 g/mol. The molecule has 0 amide bonds. The highest BCUT2D eigenvalue weighted by Gasteiger charge is 2.61. The van der Waals surface area contributed by atoms with Gasteiger partial charge in [0.1, 0.15) is 0 Å². The molecule has 2 N–H and O–H groups in total. The molecule has 0 aliphatic heterocycles. The zero-order chi connectivity index (χ0) is 25.1. The van der Waals surface area contributed by atoms with Crippen molar-refractivity contribution >= 4 is 0 Å². The van der Waals surface area contributed by atoms with E-state index in [0.29, 0.717) is 23.2 Å². The Morgan fingerprint density at radius 1 is 0.882 bits per heavy atom. The first-order valence-corrected chi connectivity index (χ1v) is 14.2. The molecule has 34 heavy (non-hydrogen) atoms. The minimum absolute atomic E-state index is 0.0103. The highest BCUT2D eigenvalue weighted by molar-refractivity contribution is 5.11. The SMILES string of the molecule is CC[C@@]1(O)CC[C@@]2(C)[C@H](CC[C@@H]3[C@@H]2CC[C@@]2(C)[C@@H]([C@@H](C)[C@H](O)CC[C@@H](C)C(F)(F)F)CC[C@@H]32)C1. The van der Waals surface area contributed by atoms with Crippen molar-refractivity contribution in [1.82, 2.24) is 0 Å². The second-order valence-electron chi connectivity index (χ2n) is 13.6. The van der Waals surface area contributed by atoms with Crippen molar-refractivity contribution in [3.63, 3.8) is 0 Å². The summed E-state index contributed by atoms with van der Waals surface area (Å²) in [5, 5.41) is 21.9. The number of hydrogen-bond acceptors (Lipinski definition) is 2. The fourth-order valence-corrected chi connectivity index (χ4v) is 9.66. The van der Waals surface area contributed by atoms with Gasteiger partial charge in [-0.3, -0.25) is 0 Å². The van der Waals surface area contributed by atoms with Gasteiger partial charge in [-0.25, -0.2) is 0 Å². The molecule has 0 spiro atoms. The van der Waals surface area contributed by atoms with Gasteiger partial charge in [-0.2, -0.15) is 13.2 Å². The molecule has 0 aromatic rings. The number of halogens is 3. The quantitative estimate of drug-likeness (QED) is 0.403. The van der Waals surface area contributed by atoms with Gasteiger partial charge in [0.15, 0.2) is 0 Å². The van der Waals surface area contributed by atoms with Crippen LogP contribution in [0.5, 0.6) is 0 Å². The molecule has 5 heteroatoms. The van der Waals surface area contributed by atoms with Crippen LogP contribution in [0.25, 0.3) is 0 Å². The standard InChI is InChI=1S/C29H49F3O2/c1-6-28(34)16-15-26(4)20(17-28)8-9-21-23-11-10-22(27(23,5)14-13-24(21)26)19(3)25(33)12-7-18(2)29(30,31)32/h18-25,33-34H,6-17H2,1-5H3/t18-,19-,20-,21+,22-,23+,24+,25-,26+,27+,28-/m1/s1. The minimum atomic E-state index is -4.17. The third-order valence-corrected chi connectivity index (χ3v) is 12.2. The molecule has 4 aliphatic rings. The van der Waals surface area contributed by atoms with Crippen molar-refractivity contribution in [2.75, 3.05) is 0 Å². The van der Waals surface area contributed by atoms with Crippen LogP contribution >= 0.6 is 0 Å². The van der Waals surface area contributed by atoms with Crippen molar-refractivity contribution in [3.05, 3.63) is 0 Å². The van der Waals surface area contributed by atoms with E-state index in [2.05, 4.69) is 27.7 Å². The molecule has 0 saturated heterocycles. The van der Waals surface area contributed by atoms with Crippen LogP contribution in [0.2, 0.25) is 0 Å². The number of aliphatic hydroxyl groups is 2. The first-order valence-electron chi connectivity index (χ1n) is 14.2. The number of aliphatic hydroxyl groups excluding tert-OH is 1. The van der Waals surface area contributed by atoms with Gasteiger partial charge >= 0.3 is 6.18 Å². The van der Waals surface area contributed by atoms with E-state index in [0.717, 1.165) is 43.9 Å². The number of alkyl halides is 3. The maximum Gasteiger partial charge on any atom is 0.391 e. The lowest BCUT2D eigenvalue weighted by molar-refractivity contribution is -0.173. The van der Waals surface area contributed by atoms with Gasteiger partial charge in [-0.05, 0) is 123 Å². The zero-order valence-corrected chi connectivity index (χ0v) is 22.1. The molecule has 0 aromatic heterocycles. The summed E-state index contributed by atoms with van der Waals surface area (Å²) in [6.45, 7) is 10.4. The lowest BCUT2D eigenvalue weighted by atomic mass is 9.43. The summed E-state index contributed by atoms with van der Waals surface area (Å²) < 4.78 is 38.9. The topological polar surface area (TPSA) is 40.5 Å². The van der Waals surface area contributed by atoms with Crippen molar-refractivity contribution in [2.45, 2.75) is 130 Å². The van der Waals surface area contributed by atoms with E-state index in [1.165, 1.54) is 39.0 Å². The van der Waals surface area contributed by atoms with E-state index >= 15 is 0 Å². The lowest BCUT2D eigenvalue weighted by Crippen LogP contribution is -2.56. The fraction of sp³-hybridized carbons (Fsp3) is 1.00. The Balaban J connectivity index is 1.44. The Morgan fingerprint density at radius 2 is 1.56 bits per heavy atom.